The number of likely N-dealkylation sites (tertiary alicyclic amines) is 1. The predicted octanol–water partition coefficient (Wildman–Crippen LogP) is 4.83. The first kappa shape index (κ1) is 19.5. The van der Waals surface area contributed by atoms with Crippen molar-refractivity contribution < 1.29 is 9.66 Å². The van der Waals surface area contributed by atoms with E-state index in [0.29, 0.717) is 11.5 Å². The number of benzene rings is 2. The van der Waals surface area contributed by atoms with Gasteiger partial charge in [-0.25, -0.2) is 0 Å². The second kappa shape index (κ2) is 8.29. The highest BCUT2D eigenvalue weighted by atomic mass is 16.6. The highest BCUT2D eigenvalue weighted by Gasteiger charge is 2.25. The molecule has 30 heavy (non-hydrogen) atoms. The number of nitro benzene ring substituents is 1. The minimum absolute atomic E-state index is 0.0268. The van der Waals surface area contributed by atoms with Crippen LogP contribution in [0, 0.1) is 21.4 Å². The first-order chi connectivity index (χ1) is 14.6. The Morgan fingerprint density at radius 2 is 2.10 bits per heavy atom. The third kappa shape index (κ3) is 3.72. The molecule has 1 aliphatic heterocycles. The van der Waals surface area contributed by atoms with E-state index in [1.54, 1.807) is 13.2 Å². The Morgan fingerprint density at radius 3 is 2.80 bits per heavy atom. The Bertz CT molecular complexity index is 1150. The number of nitriles is 1. The molecule has 0 unspecified atom stereocenters. The normalized spacial score (nSPS) is 15.2. The molecule has 2 aromatic carbocycles. The van der Waals surface area contributed by atoms with Crippen molar-refractivity contribution in [2.75, 3.05) is 20.2 Å². The largest absolute Gasteiger partial charge is 0.497 e. The zero-order chi connectivity index (χ0) is 21.1. The van der Waals surface area contributed by atoms with Crippen molar-refractivity contribution in [1.29, 1.82) is 5.26 Å². The van der Waals surface area contributed by atoms with E-state index in [2.05, 4.69) is 28.2 Å². The number of nitro groups is 1. The van der Waals surface area contributed by atoms with Crippen LogP contribution in [0.2, 0.25) is 0 Å². The number of nitrogens with zero attached hydrogens (tertiary/aromatic N) is 3. The third-order valence-electron chi connectivity index (χ3n) is 5.75. The summed E-state index contributed by atoms with van der Waals surface area (Å²) in [7, 11) is 1.67. The van der Waals surface area contributed by atoms with Gasteiger partial charge in [-0.2, -0.15) is 5.26 Å². The van der Waals surface area contributed by atoms with Gasteiger partial charge in [-0.15, -0.1) is 0 Å². The molecule has 152 valence electrons. The zero-order valence-corrected chi connectivity index (χ0v) is 16.7. The van der Waals surface area contributed by atoms with E-state index in [1.165, 1.54) is 29.2 Å². The predicted molar refractivity (Wildman–Crippen MR) is 115 cm³/mol. The Morgan fingerprint density at radius 1 is 1.30 bits per heavy atom. The lowest BCUT2D eigenvalue weighted by molar-refractivity contribution is -0.384. The van der Waals surface area contributed by atoms with Gasteiger partial charge >= 0.3 is 0 Å². The van der Waals surface area contributed by atoms with Gasteiger partial charge in [0.05, 0.1) is 23.8 Å². The fourth-order valence-electron chi connectivity index (χ4n) is 4.21. The molecule has 0 aliphatic carbocycles. The Labute approximate surface area is 174 Å². The molecule has 7 heteroatoms. The van der Waals surface area contributed by atoms with Crippen molar-refractivity contribution in [3.8, 4) is 11.8 Å². The quantitative estimate of drug-likeness (QED) is 0.375. The first-order valence-electron chi connectivity index (χ1n) is 9.85. The second-order valence-electron chi connectivity index (χ2n) is 7.38. The summed E-state index contributed by atoms with van der Waals surface area (Å²) < 4.78 is 5.38. The number of aromatic amines is 1. The van der Waals surface area contributed by atoms with Crippen molar-refractivity contribution in [1.82, 2.24) is 9.88 Å². The van der Waals surface area contributed by atoms with Crippen LogP contribution in [-0.2, 0) is 0 Å². The maximum atomic E-state index is 11.1. The molecule has 3 aromatic rings. The summed E-state index contributed by atoms with van der Waals surface area (Å²) in [5.74, 6) is 1.24. The number of aromatic nitrogens is 1. The molecule has 0 bridgehead atoms. The minimum atomic E-state index is -0.412. The Balaban J connectivity index is 1.55. The van der Waals surface area contributed by atoms with E-state index in [0.717, 1.165) is 42.9 Å². The van der Waals surface area contributed by atoms with Crippen LogP contribution in [0.4, 0.5) is 5.69 Å². The first-order valence-corrected chi connectivity index (χ1v) is 9.85. The van der Waals surface area contributed by atoms with Crippen LogP contribution in [-0.4, -0.2) is 35.0 Å². The van der Waals surface area contributed by atoms with E-state index in [-0.39, 0.29) is 5.69 Å². The van der Waals surface area contributed by atoms with Crippen molar-refractivity contribution in [2.45, 2.75) is 18.8 Å². The number of methoxy groups -OCH3 is 1. The second-order valence-corrected chi connectivity index (χ2v) is 7.38. The number of nitrogens with one attached hydrogen (secondary N) is 1. The molecular weight excluding hydrogens is 380 g/mol. The van der Waals surface area contributed by atoms with E-state index in [1.807, 2.05) is 18.2 Å². The zero-order valence-electron chi connectivity index (χ0n) is 16.7. The lowest BCUT2D eigenvalue weighted by atomic mass is 9.88. The average Bonchev–Trinajstić information content (AvgIpc) is 3.21. The summed E-state index contributed by atoms with van der Waals surface area (Å²) in [6.07, 6.45) is 5.43. The molecule has 1 fully saturated rings. The maximum absolute atomic E-state index is 11.1. The van der Waals surface area contributed by atoms with Crippen LogP contribution in [0.3, 0.4) is 0 Å². The van der Waals surface area contributed by atoms with Crippen molar-refractivity contribution in [2.24, 2.45) is 0 Å². The SMILES string of the molecule is COc1ccc2[nH]cc(C3CCN(/C(=C\C#N)c4cccc([N+](=O)[O-])c4)CC3)c2c1. The van der Waals surface area contributed by atoms with Crippen LogP contribution in [0.25, 0.3) is 16.6 Å². The molecule has 0 radical (unpaired) electrons. The van der Waals surface area contributed by atoms with Gasteiger partial charge in [-0.3, -0.25) is 10.1 Å². The number of allylic oxidation sites excluding steroid dienone is 1. The Kier molecular flexibility index (Phi) is 5.40. The highest BCUT2D eigenvalue weighted by molar-refractivity contribution is 5.85. The lowest BCUT2D eigenvalue weighted by Crippen LogP contribution is -2.31. The van der Waals surface area contributed by atoms with Crippen molar-refractivity contribution in [3.63, 3.8) is 0 Å². The fourth-order valence-corrected chi connectivity index (χ4v) is 4.21. The topological polar surface area (TPSA) is 95.2 Å². The van der Waals surface area contributed by atoms with E-state index >= 15 is 0 Å². The fraction of sp³-hybridized carbons (Fsp3) is 0.261. The van der Waals surface area contributed by atoms with Crippen LogP contribution in [0.5, 0.6) is 5.75 Å². The smallest absolute Gasteiger partial charge is 0.270 e. The number of H-pyrrole nitrogens is 1. The van der Waals surface area contributed by atoms with Gasteiger partial charge < -0.3 is 14.6 Å². The van der Waals surface area contributed by atoms with Crippen LogP contribution in [0.15, 0.2) is 54.7 Å². The summed E-state index contributed by atoms with van der Waals surface area (Å²) in [6.45, 7) is 1.55. The lowest BCUT2D eigenvalue weighted by Gasteiger charge is -2.35. The van der Waals surface area contributed by atoms with Gasteiger partial charge in [0.15, 0.2) is 0 Å². The third-order valence-corrected chi connectivity index (χ3v) is 5.75. The molecule has 1 saturated heterocycles. The number of ether oxygens (including phenoxy) is 1. The molecule has 2 heterocycles. The summed E-state index contributed by atoms with van der Waals surface area (Å²) in [6, 6.07) is 14.6. The summed E-state index contributed by atoms with van der Waals surface area (Å²) >= 11 is 0. The molecule has 7 nitrogen and oxygen atoms in total. The van der Waals surface area contributed by atoms with Gasteiger partial charge in [0.2, 0.25) is 0 Å². The van der Waals surface area contributed by atoms with E-state index < -0.39 is 4.92 Å². The summed E-state index contributed by atoms with van der Waals surface area (Å²) in [4.78, 5) is 16.2. The van der Waals surface area contributed by atoms with Gasteiger partial charge in [0, 0.05) is 54.0 Å². The van der Waals surface area contributed by atoms with E-state index in [4.69, 9.17) is 4.74 Å². The summed E-state index contributed by atoms with van der Waals surface area (Å²) in [5.41, 5.74) is 3.83. The Hall–Kier alpha value is -3.79. The highest BCUT2D eigenvalue weighted by Crippen LogP contribution is 2.36. The minimum Gasteiger partial charge on any atom is -0.497 e. The maximum Gasteiger partial charge on any atom is 0.270 e. The molecule has 0 saturated carbocycles. The molecule has 4 rings (SSSR count). The van der Waals surface area contributed by atoms with Crippen molar-refractivity contribution in [3.05, 3.63) is 76.0 Å². The number of non-ortho nitro benzene ring substituents is 1. The van der Waals surface area contributed by atoms with Gasteiger partial charge in [-0.05, 0) is 42.5 Å². The molecule has 1 N–H and O–H groups in total. The van der Waals surface area contributed by atoms with Crippen molar-refractivity contribution >= 4 is 22.3 Å². The standard InChI is InChI=1S/C23H22N4O3/c1-30-19-5-6-22-20(14-19)21(15-25-22)16-8-11-26(12-9-16)23(7-10-24)17-3-2-4-18(13-17)27(28)29/h2-7,13-16,25H,8-9,11-12H2,1H3/b23-7-. The summed E-state index contributed by atoms with van der Waals surface area (Å²) in [5, 5.41) is 21.6. The molecule has 0 atom stereocenters. The number of hydrogen-bond acceptors (Lipinski definition) is 5. The molecule has 1 aliphatic rings. The number of rotatable bonds is 5. The number of piperidine rings is 1. The van der Waals surface area contributed by atoms with Crippen LogP contribution >= 0.6 is 0 Å². The van der Waals surface area contributed by atoms with Crippen LogP contribution < -0.4 is 4.74 Å². The number of fused-ring (bicyclic) bond motifs is 1. The average molecular weight is 402 g/mol. The molecule has 1 aromatic heterocycles. The van der Waals surface area contributed by atoms with Crippen LogP contribution in [0.1, 0.15) is 29.9 Å². The van der Waals surface area contributed by atoms with E-state index in [9.17, 15) is 15.4 Å². The van der Waals surface area contributed by atoms with Gasteiger partial charge in [-0.1, -0.05) is 12.1 Å². The molecular formula is C23H22N4O3. The number of hydrogen-bond donors (Lipinski definition) is 1. The van der Waals surface area contributed by atoms with Gasteiger partial charge in [0.1, 0.15) is 5.75 Å². The molecule has 0 amide bonds. The van der Waals surface area contributed by atoms with Gasteiger partial charge in [0.25, 0.3) is 5.69 Å². The molecule has 0 spiro atoms. The monoisotopic (exact) mass is 402 g/mol.